The molecule has 1 aromatic rings. The van der Waals surface area contributed by atoms with Crippen molar-refractivity contribution in [2.45, 2.75) is 13.0 Å². The summed E-state index contributed by atoms with van der Waals surface area (Å²) >= 11 is 0. The van der Waals surface area contributed by atoms with Crippen molar-refractivity contribution in [2.75, 3.05) is 33.9 Å². The Morgan fingerprint density at radius 3 is 2.58 bits per heavy atom. The fourth-order valence-corrected chi connectivity index (χ4v) is 1.61. The zero-order chi connectivity index (χ0) is 14.1. The highest BCUT2D eigenvalue weighted by molar-refractivity contribution is 5.71. The van der Waals surface area contributed by atoms with Crippen LogP contribution in [0.4, 0.5) is 0 Å². The zero-order valence-corrected chi connectivity index (χ0v) is 11.6. The van der Waals surface area contributed by atoms with Gasteiger partial charge in [0.1, 0.15) is 5.75 Å². The van der Waals surface area contributed by atoms with Crippen molar-refractivity contribution in [3.63, 3.8) is 0 Å². The molecule has 1 aromatic carbocycles. The molecule has 0 aliphatic carbocycles. The molecule has 0 saturated heterocycles. The second-order valence-electron chi connectivity index (χ2n) is 4.36. The number of benzene rings is 1. The molecule has 0 saturated carbocycles. The SMILES string of the molecule is COC(=O)CN(C)CCCOc1ccc(CN)cc1. The van der Waals surface area contributed by atoms with E-state index in [1.54, 1.807) is 0 Å². The molecule has 5 nitrogen and oxygen atoms in total. The van der Waals surface area contributed by atoms with Gasteiger partial charge in [0.25, 0.3) is 0 Å². The van der Waals surface area contributed by atoms with Crippen LogP contribution in [0.1, 0.15) is 12.0 Å². The molecular formula is C14H22N2O3. The quantitative estimate of drug-likeness (QED) is 0.562. The Bertz CT molecular complexity index is 379. The third-order valence-corrected chi connectivity index (χ3v) is 2.74. The standard InChI is InChI=1S/C14H22N2O3/c1-16(11-14(17)18-2)8-3-9-19-13-6-4-12(10-15)5-7-13/h4-7H,3,8-11,15H2,1-2H3. The predicted molar refractivity (Wildman–Crippen MR) is 74.0 cm³/mol. The van der Waals surface area contributed by atoms with Crippen LogP contribution in [0.25, 0.3) is 0 Å². The molecule has 0 spiro atoms. The van der Waals surface area contributed by atoms with Crippen LogP contribution >= 0.6 is 0 Å². The number of hydrogen-bond acceptors (Lipinski definition) is 5. The van der Waals surface area contributed by atoms with E-state index in [-0.39, 0.29) is 5.97 Å². The molecule has 0 unspecified atom stereocenters. The summed E-state index contributed by atoms with van der Waals surface area (Å²) in [5.41, 5.74) is 6.61. The normalized spacial score (nSPS) is 10.5. The maximum absolute atomic E-state index is 11.0. The van der Waals surface area contributed by atoms with E-state index < -0.39 is 0 Å². The van der Waals surface area contributed by atoms with Crippen LogP contribution in [0.15, 0.2) is 24.3 Å². The molecule has 0 fully saturated rings. The molecule has 0 aromatic heterocycles. The maximum atomic E-state index is 11.0. The van der Waals surface area contributed by atoms with Crippen LogP contribution < -0.4 is 10.5 Å². The number of rotatable bonds is 8. The average Bonchev–Trinajstić information content (AvgIpc) is 2.44. The number of ether oxygens (including phenoxy) is 2. The van der Waals surface area contributed by atoms with Crippen molar-refractivity contribution in [1.82, 2.24) is 4.90 Å². The summed E-state index contributed by atoms with van der Waals surface area (Å²) in [6, 6.07) is 7.75. The molecule has 19 heavy (non-hydrogen) atoms. The summed E-state index contributed by atoms with van der Waals surface area (Å²) < 4.78 is 10.2. The molecule has 2 N–H and O–H groups in total. The van der Waals surface area contributed by atoms with Crippen molar-refractivity contribution in [3.8, 4) is 5.75 Å². The fourth-order valence-electron chi connectivity index (χ4n) is 1.61. The van der Waals surface area contributed by atoms with Gasteiger partial charge in [0.2, 0.25) is 0 Å². The first-order valence-electron chi connectivity index (χ1n) is 6.33. The summed E-state index contributed by atoms with van der Waals surface area (Å²) in [4.78, 5) is 12.9. The molecule has 0 heterocycles. The lowest BCUT2D eigenvalue weighted by Crippen LogP contribution is -2.28. The van der Waals surface area contributed by atoms with Crippen molar-refractivity contribution in [3.05, 3.63) is 29.8 Å². The molecule has 0 bridgehead atoms. The number of nitrogens with zero attached hydrogens (tertiary/aromatic N) is 1. The van der Waals surface area contributed by atoms with Crippen molar-refractivity contribution in [1.29, 1.82) is 0 Å². The van der Waals surface area contributed by atoms with Crippen LogP contribution in [0.5, 0.6) is 5.75 Å². The molecule has 0 amide bonds. The lowest BCUT2D eigenvalue weighted by Gasteiger charge is -2.15. The van der Waals surface area contributed by atoms with Gasteiger partial charge in [-0.15, -0.1) is 0 Å². The highest BCUT2D eigenvalue weighted by Crippen LogP contribution is 2.11. The summed E-state index contributed by atoms with van der Waals surface area (Å²) in [5.74, 6) is 0.619. The highest BCUT2D eigenvalue weighted by Gasteiger charge is 2.05. The Labute approximate surface area is 114 Å². The van der Waals surface area contributed by atoms with E-state index in [2.05, 4.69) is 4.74 Å². The average molecular weight is 266 g/mol. The highest BCUT2D eigenvalue weighted by atomic mass is 16.5. The lowest BCUT2D eigenvalue weighted by atomic mass is 10.2. The molecule has 0 aliphatic rings. The van der Waals surface area contributed by atoms with Crippen molar-refractivity contribution < 1.29 is 14.3 Å². The summed E-state index contributed by atoms with van der Waals surface area (Å²) in [6.45, 7) is 2.25. The minimum Gasteiger partial charge on any atom is -0.494 e. The van der Waals surface area contributed by atoms with Crippen LogP contribution in [0.2, 0.25) is 0 Å². The van der Waals surface area contributed by atoms with E-state index in [4.69, 9.17) is 10.5 Å². The number of esters is 1. The smallest absolute Gasteiger partial charge is 0.319 e. The molecule has 106 valence electrons. The van der Waals surface area contributed by atoms with Gasteiger partial charge in [0, 0.05) is 13.1 Å². The van der Waals surface area contributed by atoms with Gasteiger partial charge in [-0.05, 0) is 31.2 Å². The van der Waals surface area contributed by atoms with Crippen LogP contribution in [0, 0.1) is 0 Å². The van der Waals surface area contributed by atoms with Gasteiger partial charge in [-0.2, -0.15) is 0 Å². The van der Waals surface area contributed by atoms with E-state index in [0.29, 0.717) is 19.7 Å². The largest absolute Gasteiger partial charge is 0.494 e. The van der Waals surface area contributed by atoms with E-state index in [9.17, 15) is 4.79 Å². The topological polar surface area (TPSA) is 64.8 Å². The summed E-state index contributed by atoms with van der Waals surface area (Å²) in [6.07, 6.45) is 0.853. The van der Waals surface area contributed by atoms with E-state index in [0.717, 1.165) is 24.3 Å². The molecule has 1 rings (SSSR count). The number of methoxy groups -OCH3 is 1. The number of hydrogen-bond donors (Lipinski definition) is 1. The van der Waals surface area contributed by atoms with Crippen LogP contribution in [-0.2, 0) is 16.1 Å². The zero-order valence-electron chi connectivity index (χ0n) is 11.6. The fraction of sp³-hybridized carbons (Fsp3) is 0.500. The second kappa shape index (κ2) is 8.50. The van der Waals surface area contributed by atoms with Crippen LogP contribution in [-0.4, -0.2) is 44.7 Å². The first-order valence-corrected chi connectivity index (χ1v) is 6.33. The minimum absolute atomic E-state index is 0.221. The number of carbonyl (C=O) groups excluding carboxylic acids is 1. The number of carbonyl (C=O) groups is 1. The predicted octanol–water partition coefficient (Wildman–Crippen LogP) is 1.02. The van der Waals surface area contributed by atoms with E-state index in [1.165, 1.54) is 7.11 Å². The van der Waals surface area contributed by atoms with E-state index >= 15 is 0 Å². The Balaban J connectivity index is 2.17. The second-order valence-corrected chi connectivity index (χ2v) is 4.36. The van der Waals surface area contributed by atoms with Gasteiger partial charge in [0.05, 0.1) is 20.3 Å². The van der Waals surface area contributed by atoms with Gasteiger partial charge in [-0.3, -0.25) is 9.69 Å². The van der Waals surface area contributed by atoms with E-state index in [1.807, 2.05) is 36.2 Å². The Morgan fingerprint density at radius 1 is 1.32 bits per heavy atom. The van der Waals surface area contributed by atoms with Gasteiger partial charge < -0.3 is 15.2 Å². The van der Waals surface area contributed by atoms with Crippen LogP contribution in [0.3, 0.4) is 0 Å². The summed E-state index contributed by atoms with van der Waals surface area (Å²) in [5, 5.41) is 0. The maximum Gasteiger partial charge on any atom is 0.319 e. The third-order valence-electron chi connectivity index (χ3n) is 2.74. The van der Waals surface area contributed by atoms with Gasteiger partial charge in [-0.25, -0.2) is 0 Å². The monoisotopic (exact) mass is 266 g/mol. The third kappa shape index (κ3) is 6.22. The van der Waals surface area contributed by atoms with Gasteiger partial charge >= 0.3 is 5.97 Å². The molecular weight excluding hydrogens is 244 g/mol. The van der Waals surface area contributed by atoms with Gasteiger partial charge in [0.15, 0.2) is 0 Å². The lowest BCUT2D eigenvalue weighted by molar-refractivity contribution is -0.141. The van der Waals surface area contributed by atoms with Crippen molar-refractivity contribution in [2.24, 2.45) is 5.73 Å². The Kier molecular flexibility index (Phi) is 6.92. The Morgan fingerprint density at radius 2 is 2.00 bits per heavy atom. The molecule has 0 aliphatic heterocycles. The van der Waals surface area contributed by atoms with Crippen molar-refractivity contribution >= 4 is 5.97 Å². The number of likely N-dealkylation sites (N-methyl/N-ethyl adjacent to an activating group) is 1. The van der Waals surface area contributed by atoms with Gasteiger partial charge in [-0.1, -0.05) is 12.1 Å². The number of nitrogens with two attached hydrogens (primary N) is 1. The molecule has 5 heteroatoms. The molecule has 0 radical (unpaired) electrons. The Hall–Kier alpha value is -1.59. The molecule has 0 atom stereocenters. The minimum atomic E-state index is -0.221. The first-order chi connectivity index (χ1) is 9.15. The first kappa shape index (κ1) is 15.5. The summed E-state index contributed by atoms with van der Waals surface area (Å²) in [7, 11) is 3.28.